The molecule has 0 saturated carbocycles. The Morgan fingerprint density at radius 2 is 2.00 bits per heavy atom. The first-order chi connectivity index (χ1) is 7.25. The van der Waals surface area contributed by atoms with Gasteiger partial charge in [-0.25, -0.2) is 0 Å². The summed E-state index contributed by atoms with van der Waals surface area (Å²) in [6.07, 6.45) is 0.455. The van der Waals surface area contributed by atoms with Crippen molar-refractivity contribution in [3.8, 4) is 11.5 Å². The Morgan fingerprint density at radius 3 is 2.67 bits per heavy atom. The topological polar surface area (TPSA) is 35.5 Å². The first kappa shape index (κ1) is 11.3. The van der Waals surface area contributed by atoms with Crippen LogP contribution in [0.25, 0.3) is 0 Å². The molecule has 0 amide bonds. The highest BCUT2D eigenvalue weighted by atomic mass is 16.7. The number of hydrogen-bond donors (Lipinski definition) is 0. The van der Waals surface area contributed by atoms with Gasteiger partial charge in [0.1, 0.15) is 5.78 Å². The molecule has 0 N–H and O–H groups in total. The van der Waals surface area contributed by atoms with Gasteiger partial charge in [-0.3, -0.25) is 4.79 Å². The fraction of sp³-hybridized carbons (Fsp3) is 0.250. The van der Waals surface area contributed by atoms with Crippen LogP contribution in [0.1, 0.15) is 12.5 Å². The van der Waals surface area contributed by atoms with Gasteiger partial charge in [-0.2, -0.15) is 0 Å². The predicted octanol–water partition coefficient (Wildman–Crippen LogP) is 2.35. The minimum atomic E-state index is 0.152. The third-order valence-electron chi connectivity index (χ3n) is 1.89. The van der Waals surface area contributed by atoms with Gasteiger partial charge in [0.2, 0.25) is 6.79 Å². The Kier molecular flexibility index (Phi) is 3.92. The summed E-state index contributed by atoms with van der Waals surface area (Å²) in [4.78, 5) is 10.8. The lowest BCUT2D eigenvalue weighted by Gasteiger charge is -1.99. The van der Waals surface area contributed by atoms with E-state index >= 15 is 0 Å². The van der Waals surface area contributed by atoms with Crippen LogP contribution in [0.3, 0.4) is 0 Å². The third-order valence-corrected chi connectivity index (χ3v) is 1.89. The molecule has 0 spiro atoms. The van der Waals surface area contributed by atoms with Crippen LogP contribution in [0.2, 0.25) is 0 Å². The highest BCUT2D eigenvalue weighted by molar-refractivity contribution is 5.78. The minimum absolute atomic E-state index is 0.152. The zero-order valence-electron chi connectivity index (χ0n) is 8.79. The molecule has 0 unspecified atom stereocenters. The highest BCUT2D eigenvalue weighted by Crippen LogP contribution is 2.32. The first-order valence-corrected chi connectivity index (χ1v) is 4.63. The number of carbonyl (C=O) groups is 1. The number of Topliss-reactive ketones (excluding diaryl/α,β-unsaturated/α-hetero) is 1. The van der Waals surface area contributed by atoms with Crippen molar-refractivity contribution in [2.45, 2.75) is 13.3 Å². The maximum atomic E-state index is 10.8. The van der Waals surface area contributed by atoms with E-state index in [1.807, 2.05) is 18.2 Å². The van der Waals surface area contributed by atoms with Crippen molar-refractivity contribution in [1.29, 1.82) is 0 Å². The van der Waals surface area contributed by atoms with Gasteiger partial charge < -0.3 is 9.47 Å². The molecule has 1 aliphatic heterocycles. The van der Waals surface area contributed by atoms with E-state index in [2.05, 4.69) is 13.2 Å². The van der Waals surface area contributed by atoms with Crippen LogP contribution in [0, 0.1) is 0 Å². The molecule has 1 aromatic rings. The van der Waals surface area contributed by atoms with E-state index in [-0.39, 0.29) is 12.6 Å². The van der Waals surface area contributed by atoms with Crippen LogP contribution in [0.5, 0.6) is 11.5 Å². The summed E-state index contributed by atoms with van der Waals surface area (Å²) in [7, 11) is 0. The molecule has 0 radical (unpaired) electrons. The summed E-state index contributed by atoms with van der Waals surface area (Å²) in [5.74, 6) is 1.64. The summed E-state index contributed by atoms with van der Waals surface area (Å²) < 4.78 is 10.3. The molecule has 0 aromatic heterocycles. The number of fused-ring (bicyclic) bond motifs is 1. The van der Waals surface area contributed by atoms with E-state index < -0.39 is 0 Å². The summed E-state index contributed by atoms with van der Waals surface area (Å²) in [6, 6.07) is 5.57. The molecule has 3 nitrogen and oxygen atoms in total. The first-order valence-electron chi connectivity index (χ1n) is 4.63. The summed E-state index contributed by atoms with van der Waals surface area (Å²) in [5, 5.41) is 0. The quantitative estimate of drug-likeness (QED) is 0.697. The number of benzene rings is 1. The van der Waals surface area contributed by atoms with Gasteiger partial charge in [-0.15, -0.1) is 13.2 Å². The van der Waals surface area contributed by atoms with E-state index in [4.69, 9.17) is 9.47 Å². The van der Waals surface area contributed by atoms with E-state index in [0.29, 0.717) is 6.42 Å². The molecule has 1 aliphatic rings. The minimum Gasteiger partial charge on any atom is -0.454 e. The Bertz CT molecular complexity index is 358. The molecule has 0 bridgehead atoms. The van der Waals surface area contributed by atoms with E-state index in [1.165, 1.54) is 0 Å². The van der Waals surface area contributed by atoms with Crippen molar-refractivity contribution < 1.29 is 14.3 Å². The zero-order chi connectivity index (χ0) is 11.3. The van der Waals surface area contributed by atoms with Crippen LogP contribution >= 0.6 is 0 Å². The van der Waals surface area contributed by atoms with Crippen molar-refractivity contribution in [1.82, 2.24) is 0 Å². The lowest BCUT2D eigenvalue weighted by atomic mass is 10.1. The van der Waals surface area contributed by atoms with Crippen molar-refractivity contribution in [2.75, 3.05) is 6.79 Å². The van der Waals surface area contributed by atoms with Gasteiger partial charge in [0.25, 0.3) is 0 Å². The van der Waals surface area contributed by atoms with Crippen LogP contribution in [-0.4, -0.2) is 12.6 Å². The molecular weight excluding hydrogens is 192 g/mol. The number of hydrogen-bond acceptors (Lipinski definition) is 3. The van der Waals surface area contributed by atoms with Gasteiger partial charge in [-0.1, -0.05) is 6.07 Å². The fourth-order valence-electron chi connectivity index (χ4n) is 1.34. The van der Waals surface area contributed by atoms with Crippen molar-refractivity contribution in [3.63, 3.8) is 0 Å². The molecule has 80 valence electrons. The predicted molar refractivity (Wildman–Crippen MR) is 58.2 cm³/mol. The standard InChI is InChI=1S/C10H10O3.C2H4/c1-7(11)4-8-2-3-9-10(5-8)13-6-12-9;1-2/h2-3,5H,4,6H2,1H3;1-2H2. The van der Waals surface area contributed by atoms with Gasteiger partial charge in [0.05, 0.1) is 0 Å². The van der Waals surface area contributed by atoms with Gasteiger partial charge >= 0.3 is 0 Å². The van der Waals surface area contributed by atoms with Crippen LogP contribution < -0.4 is 9.47 Å². The molecule has 15 heavy (non-hydrogen) atoms. The zero-order valence-corrected chi connectivity index (χ0v) is 8.79. The highest BCUT2D eigenvalue weighted by Gasteiger charge is 2.13. The van der Waals surface area contributed by atoms with Crippen LogP contribution in [0.4, 0.5) is 0 Å². The maximum absolute atomic E-state index is 10.8. The molecule has 3 heteroatoms. The molecule has 1 heterocycles. The molecule has 0 atom stereocenters. The van der Waals surface area contributed by atoms with E-state index in [9.17, 15) is 4.79 Å². The normalized spacial score (nSPS) is 11.5. The summed E-state index contributed by atoms with van der Waals surface area (Å²) >= 11 is 0. The van der Waals surface area contributed by atoms with Crippen molar-refractivity contribution in [3.05, 3.63) is 36.9 Å². The number of ketones is 1. The number of ether oxygens (including phenoxy) is 2. The van der Waals surface area contributed by atoms with Crippen molar-refractivity contribution >= 4 is 5.78 Å². The Hall–Kier alpha value is -1.77. The van der Waals surface area contributed by atoms with Crippen LogP contribution in [0.15, 0.2) is 31.4 Å². The van der Waals surface area contributed by atoms with Gasteiger partial charge in [-0.05, 0) is 24.6 Å². The Balaban J connectivity index is 0.000000531. The number of rotatable bonds is 2. The van der Waals surface area contributed by atoms with Gasteiger partial charge in [0, 0.05) is 6.42 Å². The number of carbonyl (C=O) groups excluding carboxylic acids is 1. The lowest BCUT2D eigenvalue weighted by Crippen LogP contribution is -1.95. The second kappa shape index (κ2) is 5.20. The van der Waals surface area contributed by atoms with Crippen LogP contribution in [-0.2, 0) is 11.2 Å². The van der Waals surface area contributed by atoms with Gasteiger partial charge in [0.15, 0.2) is 11.5 Å². The average molecular weight is 206 g/mol. The summed E-state index contributed by atoms with van der Waals surface area (Å²) in [5.41, 5.74) is 0.969. The van der Waals surface area contributed by atoms with Crippen molar-refractivity contribution in [2.24, 2.45) is 0 Å². The molecule has 0 fully saturated rings. The second-order valence-corrected chi connectivity index (χ2v) is 3.07. The SMILES string of the molecule is C=C.CC(=O)Cc1ccc2c(c1)OCO2. The largest absolute Gasteiger partial charge is 0.454 e. The smallest absolute Gasteiger partial charge is 0.231 e. The molecule has 1 aromatic carbocycles. The molecular formula is C12H14O3. The molecule has 0 saturated heterocycles. The molecule has 2 rings (SSSR count). The summed E-state index contributed by atoms with van der Waals surface area (Å²) in [6.45, 7) is 7.85. The Labute approximate surface area is 89.3 Å². The lowest BCUT2D eigenvalue weighted by molar-refractivity contribution is -0.116. The average Bonchev–Trinajstić information content (AvgIpc) is 2.67. The van der Waals surface area contributed by atoms with E-state index in [1.54, 1.807) is 6.92 Å². The van der Waals surface area contributed by atoms with E-state index in [0.717, 1.165) is 17.1 Å². The second-order valence-electron chi connectivity index (χ2n) is 3.07. The fourth-order valence-corrected chi connectivity index (χ4v) is 1.34. The third kappa shape index (κ3) is 2.84. The monoisotopic (exact) mass is 206 g/mol. The Morgan fingerprint density at radius 1 is 1.33 bits per heavy atom. The maximum Gasteiger partial charge on any atom is 0.231 e. The molecule has 0 aliphatic carbocycles.